The quantitative estimate of drug-likeness (QED) is 0.429. The number of para-hydroxylation sites is 1. The predicted octanol–water partition coefficient (Wildman–Crippen LogP) is 5.52. The van der Waals surface area contributed by atoms with Crippen LogP contribution in [0.4, 0.5) is 5.88 Å². The first-order chi connectivity index (χ1) is 14.8. The molecule has 4 aromatic rings. The molecule has 0 aliphatic carbocycles. The van der Waals surface area contributed by atoms with Crippen molar-refractivity contribution in [1.29, 1.82) is 0 Å². The number of anilines is 1. The maximum absolute atomic E-state index is 5.96. The maximum atomic E-state index is 5.96. The molecule has 4 heterocycles. The molecular weight excluding hydrogens is 394 g/mol. The van der Waals surface area contributed by atoms with E-state index in [9.17, 15) is 0 Å². The lowest BCUT2D eigenvalue weighted by Gasteiger charge is -2.20. The Kier molecular flexibility index (Phi) is 4.23. The average Bonchev–Trinajstić information content (AvgIpc) is 3.52. The number of nitrogens with zero attached hydrogens (tertiary/aromatic N) is 3. The van der Waals surface area contributed by atoms with Gasteiger partial charge < -0.3 is 19.0 Å². The first-order valence-corrected chi connectivity index (χ1v) is 11.0. The van der Waals surface area contributed by atoms with Crippen LogP contribution in [0.25, 0.3) is 10.2 Å². The molecule has 2 aromatic carbocycles. The maximum Gasteiger partial charge on any atom is 0.279 e. The first-order valence-electron chi connectivity index (χ1n) is 10.2. The SMILES string of the molecule is C1=C2CN(c3ccco3)CC2CN1Cc1ccc(Oc2nc3ccccc3s2)cc1. The van der Waals surface area contributed by atoms with E-state index in [1.165, 1.54) is 11.1 Å². The van der Waals surface area contributed by atoms with Crippen LogP contribution in [0.2, 0.25) is 0 Å². The lowest BCUT2D eigenvalue weighted by atomic mass is 10.1. The van der Waals surface area contributed by atoms with E-state index >= 15 is 0 Å². The Balaban J connectivity index is 1.09. The van der Waals surface area contributed by atoms with Crippen molar-refractivity contribution in [2.75, 3.05) is 24.5 Å². The van der Waals surface area contributed by atoms with E-state index in [4.69, 9.17) is 9.15 Å². The summed E-state index contributed by atoms with van der Waals surface area (Å²) in [6.45, 7) is 3.98. The summed E-state index contributed by atoms with van der Waals surface area (Å²) in [6, 6.07) is 20.4. The zero-order valence-electron chi connectivity index (χ0n) is 16.4. The van der Waals surface area contributed by atoms with Gasteiger partial charge in [0.05, 0.1) is 16.5 Å². The van der Waals surface area contributed by atoms with E-state index in [0.29, 0.717) is 11.1 Å². The van der Waals surface area contributed by atoms with Crippen LogP contribution in [0.15, 0.2) is 83.1 Å². The van der Waals surface area contributed by atoms with Crippen LogP contribution < -0.4 is 9.64 Å². The Hall–Kier alpha value is -3.25. The summed E-state index contributed by atoms with van der Waals surface area (Å²) in [5.41, 5.74) is 3.76. The lowest BCUT2D eigenvalue weighted by Crippen LogP contribution is -2.25. The minimum atomic E-state index is 0.594. The Bertz CT molecular complexity index is 1160. The van der Waals surface area contributed by atoms with Gasteiger partial charge in [0.25, 0.3) is 5.19 Å². The van der Waals surface area contributed by atoms with E-state index in [-0.39, 0.29) is 0 Å². The Morgan fingerprint density at radius 3 is 2.73 bits per heavy atom. The third-order valence-electron chi connectivity index (χ3n) is 5.75. The van der Waals surface area contributed by atoms with Crippen molar-refractivity contribution in [3.05, 3.63) is 84.3 Å². The minimum absolute atomic E-state index is 0.594. The minimum Gasteiger partial charge on any atom is -0.449 e. The molecule has 1 unspecified atom stereocenters. The molecule has 0 amide bonds. The Morgan fingerprint density at radius 1 is 1.03 bits per heavy atom. The van der Waals surface area contributed by atoms with Crippen molar-refractivity contribution >= 4 is 27.4 Å². The fourth-order valence-electron chi connectivity index (χ4n) is 4.31. The Morgan fingerprint density at radius 2 is 1.93 bits per heavy atom. The molecular formula is C24H21N3O2S. The Labute approximate surface area is 178 Å². The van der Waals surface area contributed by atoms with Crippen LogP contribution in [0.5, 0.6) is 10.9 Å². The van der Waals surface area contributed by atoms with Gasteiger partial charge >= 0.3 is 0 Å². The molecule has 1 fully saturated rings. The molecule has 2 aromatic heterocycles. The van der Waals surface area contributed by atoms with Crippen molar-refractivity contribution in [1.82, 2.24) is 9.88 Å². The molecule has 5 nitrogen and oxygen atoms in total. The normalized spacial score (nSPS) is 18.1. The molecule has 0 spiro atoms. The monoisotopic (exact) mass is 415 g/mol. The van der Waals surface area contributed by atoms with Crippen LogP contribution >= 0.6 is 11.3 Å². The second-order valence-electron chi connectivity index (χ2n) is 7.86. The molecule has 6 rings (SSSR count). The number of thiazole rings is 1. The first kappa shape index (κ1) is 17.6. The van der Waals surface area contributed by atoms with Crippen molar-refractivity contribution in [2.45, 2.75) is 6.54 Å². The summed E-state index contributed by atoms with van der Waals surface area (Å²) >= 11 is 1.57. The smallest absolute Gasteiger partial charge is 0.279 e. The topological polar surface area (TPSA) is 41.7 Å². The van der Waals surface area contributed by atoms with Crippen molar-refractivity contribution < 1.29 is 9.15 Å². The molecule has 0 saturated carbocycles. The zero-order chi connectivity index (χ0) is 19.9. The number of fused-ring (bicyclic) bond motifs is 2. The summed E-state index contributed by atoms with van der Waals surface area (Å²) in [7, 11) is 0. The molecule has 2 aliphatic rings. The van der Waals surface area contributed by atoms with Gasteiger partial charge in [-0.25, -0.2) is 4.98 Å². The summed E-state index contributed by atoms with van der Waals surface area (Å²) in [6.07, 6.45) is 4.08. The molecule has 30 heavy (non-hydrogen) atoms. The summed E-state index contributed by atoms with van der Waals surface area (Å²) in [5, 5.41) is 0.683. The second-order valence-corrected chi connectivity index (χ2v) is 8.85. The fraction of sp³-hybridized carbons (Fsp3) is 0.208. The number of hydrogen-bond acceptors (Lipinski definition) is 6. The highest BCUT2D eigenvalue weighted by molar-refractivity contribution is 7.20. The molecule has 1 atom stereocenters. The molecule has 6 heteroatoms. The zero-order valence-corrected chi connectivity index (χ0v) is 17.2. The summed E-state index contributed by atoms with van der Waals surface area (Å²) < 4.78 is 12.7. The van der Waals surface area contributed by atoms with Gasteiger partial charge in [0.2, 0.25) is 0 Å². The van der Waals surface area contributed by atoms with Crippen LogP contribution in [-0.4, -0.2) is 29.5 Å². The number of benzene rings is 2. The van der Waals surface area contributed by atoms with Crippen LogP contribution in [0.1, 0.15) is 5.56 Å². The van der Waals surface area contributed by atoms with E-state index in [1.54, 1.807) is 17.6 Å². The third-order valence-corrected chi connectivity index (χ3v) is 6.66. The van der Waals surface area contributed by atoms with Gasteiger partial charge in [0.1, 0.15) is 5.75 Å². The van der Waals surface area contributed by atoms with E-state index in [1.807, 2.05) is 42.5 Å². The molecule has 0 N–H and O–H groups in total. The molecule has 150 valence electrons. The highest BCUT2D eigenvalue weighted by Gasteiger charge is 2.34. The van der Waals surface area contributed by atoms with Crippen LogP contribution in [0, 0.1) is 5.92 Å². The van der Waals surface area contributed by atoms with Crippen LogP contribution in [0.3, 0.4) is 0 Å². The molecule has 0 bridgehead atoms. The van der Waals surface area contributed by atoms with Crippen LogP contribution in [-0.2, 0) is 6.54 Å². The predicted molar refractivity (Wildman–Crippen MR) is 119 cm³/mol. The number of ether oxygens (including phenoxy) is 1. The number of hydrogen-bond donors (Lipinski definition) is 0. The molecule has 0 radical (unpaired) electrons. The highest BCUT2D eigenvalue weighted by Crippen LogP contribution is 2.34. The molecule has 2 aliphatic heterocycles. The fourth-order valence-corrected chi connectivity index (χ4v) is 5.14. The van der Waals surface area contributed by atoms with Gasteiger partial charge in [-0.15, -0.1) is 0 Å². The van der Waals surface area contributed by atoms with Crippen molar-refractivity contribution in [3.63, 3.8) is 0 Å². The van der Waals surface area contributed by atoms with Gasteiger partial charge in [-0.1, -0.05) is 35.6 Å². The number of furan rings is 1. The van der Waals surface area contributed by atoms with Gasteiger partial charge in [-0.05, 0) is 41.5 Å². The molecule has 1 saturated heterocycles. The van der Waals surface area contributed by atoms with E-state index < -0.39 is 0 Å². The van der Waals surface area contributed by atoms with E-state index in [2.05, 4.69) is 39.2 Å². The van der Waals surface area contributed by atoms with Gasteiger partial charge in [0, 0.05) is 44.4 Å². The second kappa shape index (κ2) is 7.22. The lowest BCUT2D eigenvalue weighted by molar-refractivity contribution is 0.364. The highest BCUT2D eigenvalue weighted by atomic mass is 32.1. The largest absolute Gasteiger partial charge is 0.449 e. The van der Waals surface area contributed by atoms with Crippen molar-refractivity contribution in [2.24, 2.45) is 5.92 Å². The number of aromatic nitrogens is 1. The van der Waals surface area contributed by atoms with Gasteiger partial charge in [-0.3, -0.25) is 0 Å². The number of rotatable bonds is 5. The third kappa shape index (κ3) is 3.33. The van der Waals surface area contributed by atoms with E-state index in [0.717, 1.165) is 48.0 Å². The summed E-state index contributed by atoms with van der Waals surface area (Å²) in [4.78, 5) is 9.28. The summed E-state index contributed by atoms with van der Waals surface area (Å²) in [5.74, 6) is 2.39. The van der Waals surface area contributed by atoms with Gasteiger partial charge in [0.15, 0.2) is 5.88 Å². The van der Waals surface area contributed by atoms with Gasteiger partial charge in [-0.2, -0.15) is 0 Å². The standard InChI is InChI=1S/C24H21N3O2S/c1-2-5-22-21(4-1)25-24(30-22)29-20-9-7-17(8-10-20)12-26-13-18-15-27(16-19(18)14-26)23-6-3-11-28-23/h1-11,13,19H,12,14-16H2. The average molecular weight is 416 g/mol. The van der Waals surface area contributed by atoms with Crippen molar-refractivity contribution in [3.8, 4) is 10.9 Å².